The lowest BCUT2D eigenvalue weighted by atomic mass is 10.0. The van der Waals surface area contributed by atoms with E-state index >= 15 is 0 Å². The highest BCUT2D eigenvalue weighted by molar-refractivity contribution is 5.08. The second kappa shape index (κ2) is 8.32. The topological polar surface area (TPSA) is 147 Å². The first-order valence-electron chi connectivity index (χ1n) is 6.72. The third-order valence-corrected chi connectivity index (χ3v) is 3.21. The average molecular weight is 302 g/mol. The fraction of sp³-hybridized carbons (Fsp3) is 0.692. The molecule has 120 valence electrons. The molecule has 1 heterocycles. The Morgan fingerprint density at radius 2 is 1.62 bits per heavy atom. The van der Waals surface area contributed by atoms with Crippen molar-refractivity contribution in [1.29, 1.82) is 0 Å². The molecule has 1 aromatic rings. The van der Waals surface area contributed by atoms with Crippen molar-refractivity contribution in [2.24, 2.45) is 0 Å². The molecule has 0 radical (unpaired) electrons. The van der Waals surface area contributed by atoms with Crippen LogP contribution in [-0.4, -0.2) is 71.6 Å². The van der Waals surface area contributed by atoms with Gasteiger partial charge in [-0.1, -0.05) is 6.92 Å². The largest absolute Gasteiger partial charge is 0.394 e. The monoisotopic (exact) mass is 302 g/mol. The molecule has 0 bridgehead atoms. The molecule has 1 aromatic heterocycles. The van der Waals surface area contributed by atoms with Crippen molar-refractivity contribution >= 4 is 0 Å². The van der Waals surface area contributed by atoms with E-state index in [1.54, 1.807) is 6.92 Å². The predicted octanol–water partition coefficient (Wildman–Crippen LogP) is -2.10. The van der Waals surface area contributed by atoms with Gasteiger partial charge in [-0.05, 0) is 6.42 Å². The van der Waals surface area contributed by atoms with Crippen molar-refractivity contribution in [3.8, 4) is 0 Å². The predicted molar refractivity (Wildman–Crippen MR) is 72.1 cm³/mol. The molecule has 0 amide bonds. The SMILES string of the molecule is CC[C@@H](O)[C@@H](O)[C@H](O)c1cnc(C[C@H](O)[C@H](O)CO)cn1. The van der Waals surface area contributed by atoms with Crippen molar-refractivity contribution in [1.82, 2.24) is 9.97 Å². The number of aliphatic hydroxyl groups excluding tert-OH is 6. The Morgan fingerprint density at radius 3 is 2.10 bits per heavy atom. The van der Waals surface area contributed by atoms with Gasteiger partial charge < -0.3 is 30.6 Å². The smallest absolute Gasteiger partial charge is 0.126 e. The highest BCUT2D eigenvalue weighted by atomic mass is 16.4. The van der Waals surface area contributed by atoms with E-state index in [0.29, 0.717) is 5.69 Å². The minimum atomic E-state index is -1.37. The zero-order chi connectivity index (χ0) is 16.0. The standard InChI is InChI=1S/C13H22N2O6/c1-2-9(17)13(21)12(20)8-5-14-7(4-15-8)3-10(18)11(19)6-16/h4-5,9-13,16-21H,2-3,6H2,1H3/t9-,10+,11-,12-,13-/m1/s1. The van der Waals surface area contributed by atoms with Crippen molar-refractivity contribution in [2.75, 3.05) is 6.61 Å². The summed E-state index contributed by atoms with van der Waals surface area (Å²) in [5.41, 5.74) is 0.451. The van der Waals surface area contributed by atoms with Crippen molar-refractivity contribution < 1.29 is 30.6 Å². The molecule has 0 saturated carbocycles. The van der Waals surface area contributed by atoms with E-state index in [1.807, 2.05) is 0 Å². The molecule has 1 rings (SSSR count). The Morgan fingerprint density at radius 1 is 0.952 bits per heavy atom. The first-order chi connectivity index (χ1) is 9.90. The van der Waals surface area contributed by atoms with Gasteiger partial charge >= 0.3 is 0 Å². The molecule has 5 atom stereocenters. The van der Waals surface area contributed by atoms with Crippen molar-refractivity contribution in [2.45, 2.75) is 50.3 Å². The lowest BCUT2D eigenvalue weighted by molar-refractivity contribution is -0.0630. The van der Waals surface area contributed by atoms with Crippen LogP contribution in [0.15, 0.2) is 12.4 Å². The lowest BCUT2D eigenvalue weighted by Crippen LogP contribution is -2.32. The first-order valence-corrected chi connectivity index (χ1v) is 6.72. The molecule has 8 heteroatoms. The fourth-order valence-corrected chi connectivity index (χ4v) is 1.72. The molecule has 6 N–H and O–H groups in total. The maximum absolute atomic E-state index is 9.85. The van der Waals surface area contributed by atoms with Gasteiger partial charge in [-0.25, -0.2) is 0 Å². The summed E-state index contributed by atoms with van der Waals surface area (Å²) in [6, 6.07) is 0. The second-order valence-corrected chi connectivity index (χ2v) is 4.87. The van der Waals surface area contributed by atoms with E-state index in [9.17, 15) is 25.5 Å². The second-order valence-electron chi connectivity index (χ2n) is 4.87. The summed E-state index contributed by atoms with van der Waals surface area (Å²) < 4.78 is 0. The maximum Gasteiger partial charge on any atom is 0.126 e. The number of aromatic nitrogens is 2. The van der Waals surface area contributed by atoms with Crippen LogP contribution in [0, 0.1) is 0 Å². The molecule has 0 unspecified atom stereocenters. The van der Waals surface area contributed by atoms with Gasteiger partial charge in [-0.3, -0.25) is 9.97 Å². The Kier molecular flexibility index (Phi) is 7.09. The van der Waals surface area contributed by atoms with Crippen LogP contribution in [0.3, 0.4) is 0 Å². The van der Waals surface area contributed by atoms with Crippen LogP contribution in [0.1, 0.15) is 30.8 Å². The summed E-state index contributed by atoms with van der Waals surface area (Å²) >= 11 is 0. The molecular formula is C13H22N2O6. The van der Waals surface area contributed by atoms with Gasteiger partial charge in [-0.15, -0.1) is 0 Å². The van der Waals surface area contributed by atoms with E-state index in [1.165, 1.54) is 12.4 Å². The molecule has 0 saturated heterocycles. The Labute approximate surface area is 122 Å². The molecule has 0 spiro atoms. The summed E-state index contributed by atoms with van der Waals surface area (Å²) in [5, 5.41) is 56.5. The molecule has 0 aromatic carbocycles. The minimum absolute atomic E-state index is 0.00869. The third kappa shape index (κ3) is 4.95. The van der Waals surface area contributed by atoms with Gasteiger partial charge in [-0.2, -0.15) is 0 Å². The third-order valence-electron chi connectivity index (χ3n) is 3.21. The fourth-order valence-electron chi connectivity index (χ4n) is 1.72. The van der Waals surface area contributed by atoms with E-state index in [-0.39, 0.29) is 18.5 Å². The van der Waals surface area contributed by atoms with E-state index < -0.39 is 37.1 Å². The molecule has 0 aliphatic rings. The van der Waals surface area contributed by atoms with Crippen LogP contribution in [-0.2, 0) is 6.42 Å². The highest BCUT2D eigenvalue weighted by Crippen LogP contribution is 2.18. The van der Waals surface area contributed by atoms with Crippen LogP contribution in [0.2, 0.25) is 0 Å². The molecule has 0 fully saturated rings. The Balaban J connectivity index is 2.69. The number of aliphatic hydroxyl groups is 6. The molecule has 8 nitrogen and oxygen atoms in total. The normalized spacial score (nSPS) is 18.8. The molecule has 0 aliphatic carbocycles. The van der Waals surface area contributed by atoms with Gasteiger partial charge in [0.25, 0.3) is 0 Å². The summed E-state index contributed by atoms with van der Waals surface area (Å²) in [6.07, 6.45) is -3.44. The lowest BCUT2D eigenvalue weighted by Gasteiger charge is -2.21. The number of hydrogen-bond acceptors (Lipinski definition) is 8. The zero-order valence-corrected chi connectivity index (χ0v) is 11.7. The van der Waals surface area contributed by atoms with E-state index in [0.717, 1.165) is 0 Å². The quantitative estimate of drug-likeness (QED) is 0.320. The van der Waals surface area contributed by atoms with Gasteiger partial charge in [0, 0.05) is 12.6 Å². The average Bonchev–Trinajstić information content (AvgIpc) is 2.52. The van der Waals surface area contributed by atoms with Gasteiger partial charge in [0.2, 0.25) is 0 Å². The molecule has 21 heavy (non-hydrogen) atoms. The summed E-state index contributed by atoms with van der Waals surface area (Å²) in [7, 11) is 0. The van der Waals surface area contributed by atoms with Crippen LogP contribution in [0.4, 0.5) is 0 Å². The molecule has 0 aliphatic heterocycles. The Hall–Kier alpha value is -1.16. The number of nitrogens with zero attached hydrogens (tertiary/aromatic N) is 2. The van der Waals surface area contributed by atoms with E-state index in [2.05, 4.69) is 9.97 Å². The first kappa shape index (κ1) is 17.9. The minimum Gasteiger partial charge on any atom is -0.394 e. The zero-order valence-electron chi connectivity index (χ0n) is 11.7. The number of rotatable bonds is 8. The van der Waals surface area contributed by atoms with Crippen LogP contribution < -0.4 is 0 Å². The van der Waals surface area contributed by atoms with E-state index in [4.69, 9.17) is 5.11 Å². The van der Waals surface area contributed by atoms with Gasteiger partial charge in [0.05, 0.1) is 36.4 Å². The maximum atomic E-state index is 9.85. The highest BCUT2D eigenvalue weighted by Gasteiger charge is 2.26. The van der Waals surface area contributed by atoms with Gasteiger partial charge in [0.15, 0.2) is 0 Å². The number of hydrogen-bond donors (Lipinski definition) is 6. The van der Waals surface area contributed by atoms with Crippen molar-refractivity contribution in [3.05, 3.63) is 23.8 Å². The summed E-state index contributed by atoms with van der Waals surface area (Å²) in [6.45, 7) is 1.11. The molecular weight excluding hydrogens is 280 g/mol. The summed E-state index contributed by atoms with van der Waals surface area (Å²) in [5.74, 6) is 0. The Bertz CT molecular complexity index is 416. The summed E-state index contributed by atoms with van der Waals surface area (Å²) in [4.78, 5) is 7.87. The van der Waals surface area contributed by atoms with Crippen LogP contribution >= 0.6 is 0 Å². The van der Waals surface area contributed by atoms with Gasteiger partial charge in [0.1, 0.15) is 18.3 Å². The van der Waals surface area contributed by atoms with Crippen LogP contribution in [0.5, 0.6) is 0 Å². The van der Waals surface area contributed by atoms with Crippen molar-refractivity contribution in [3.63, 3.8) is 0 Å². The van der Waals surface area contributed by atoms with Crippen LogP contribution in [0.25, 0.3) is 0 Å².